The Morgan fingerprint density at radius 3 is 2.35 bits per heavy atom. The topological polar surface area (TPSA) is 103 Å². The van der Waals surface area contributed by atoms with Crippen LogP contribution in [0.5, 0.6) is 11.5 Å². The Hall–Kier alpha value is -2.68. The number of carbonyl (C=O) groups excluding carboxylic acids is 1. The van der Waals surface area contributed by atoms with E-state index in [1.54, 1.807) is 26.4 Å². The average molecular weight is 561 g/mol. The lowest BCUT2D eigenvalue weighted by atomic mass is 9.81. The molecule has 0 saturated carbocycles. The third-order valence-corrected chi connectivity index (χ3v) is 7.48. The third kappa shape index (κ3) is 11.1. The van der Waals surface area contributed by atoms with Gasteiger partial charge in [0.1, 0.15) is 5.82 Å². The van der Waals surface area contributed by atoms with Gasteiger partial charge < -0.3 is 30.4 Å². The van der Waals surface area contributed by atoms with E-state index in [1.807, 2.05) is 32.0 Å². The standard InChI is InChI=1S/C32H49FN2O5/c1-21(2)25(15-23-11-12-30(39-6)31(17-23)40-14-8-13-38-5)18-28(34)29(36)19-27(22(3)4)32(37)35-20-24-9-7-10-26(33)16-24/h7,9-12,16-17,21-22,25,27-29,36H,8,13-15,18-20,34H2,1-6H3,(H,35,37)/t25-,27-,28-,29-/m0/s1. The lowest BCUT2D eigenvalue weighted by Gasteiger charge is -2.30. The number of ether oxygens (including phenoxy) is 3. The van der Waals surface area contributed by atoms with Gasteiger partial charge in [-0.25, -0.2) is 4.39 Å². The SMILES string of the molecule is COCCCOc1cc(C[C@@H](C[C@H](N)[C@@H](O)C[C@H](C(=O)NCc2cccc(F)c2)C(C)C)C(C)C)ccc1OC. The van der Waals surface area contributed by atoms with Crippen LogP contribution in [0.15, 0.2) is 42.5 Å². The molecule has 0 aliphatic carbocycles. The van der Waals surface area contributed by atoms with Crippen molar-refractivity contribution in [2.24, 2.45) is 29.4 Å². The van der Waals surface area contributed by atoms with Gasteiger partial charge in [0.05, 0.1) is 19.8 Å². The molecule has 0 aliphatic rings. The Balaban J connectivity index is 2.01. The Kier molecular flexibility index (Phi) is 14.4. The summed E-state index contributed by atoms with van der Waals surface area (Å²) < 4.78 is 30.0. The molecule has 1 amide bonds. The number of methoxy groups -OCH3 is 2. The largest absolute Gasteiger partial charge is 0.493 e. The maximum atomic E-state index is 13.5. The van der Waals surface area contributed by atoms with Crippen LogP contribution in [0.2, 0.25) is 0 Å². The van der Waals surface area contributed by atoms with Gasteiger partial charge in [-0.1, -0.05) is 45.9 Å². The number of nitrogens with two attached hydrogens (primary N) is 1. The van der Waals surface area contributed by atoms with Gasteiger partial charge in [-0.2, -0.15) is 0 Å². The number of halogens is 1. The molecule has 7 nitrogen and oxygen atoms in total. The first kappa shape index (κ1) is 33.5. The number of aliphatic hydroxyl groups excluding tert-OH is 1. The zero-order chi connectivity index (χ0) is 29.7. The maximum Gasteiger partial charge on any atom is 0.223 e. The zero-order valence-electron chi connectivity index (χ0n) is 25.0. The maximum absolute atomic E-state index is 13.5. The van der Waals surface area contributed by atoms with E-state index in [0.717, 1.165) is 18.4 Å². The van der Waals surface area contributed by atoms with Crippen LogP contribution in [0.3, 0.4) is 0 Å². The smallest absolute Gasteiger partial charge is 0.223 e. The minimum atomic E-state index is -0.830. The van der Waals surface area contributed by atoms with E-state index in [-0.39, 0.29) is 36.5 Å². The predicted octanol–water partition coefficient (Wildman–Crippen LogP) is 5.12. The Morgan fingerprint density at radius 1 is 0.975 bits per heavy atom. The van der Waals surface area contributed by atoms with E-state index in [9.17, 15) is 14.3 Å². The second-order valence-electron chi connectivity index (χ2n) is 11.3. The molecule has 4 atom stereocenters. The molecule has 40 heavy (non-hydrogen) atoms. The predicted molar refractivity (Wildman–Crippen MR) is 157 cm³/mol. The number of aliphatic hydroxyl groups is 1. The number of hydrogen-bond acceptors (Lipinski definition) is 6. The van der Waals surface area contributed by atoms with Crippen LogP contribution < -0.4 is 20.5 Å². The summed E-state index contributed by atoms with van der Waals surface area (Å²) in [5.74, 6) is 1.04. The van der Waals surface area contributed by atoms with Crippen molar-refractivity contribution in [1.29, 1.82) is 0 Å². The summed E-state index contributed by atoms with van der Waals surface area (Å²) in [6.07, 6.45) is 1.61. The van der Waals surface area contributed by atoms with Crippen LogP contribution in [0.4, 0.5) is 4.39 Å². The minimum Gasteiger partial charge on any atom is -0.493 e. The van der Waals surface area contributed by atoms with Crippen LogP contribution >= 0.6 is 0 Å². The average Bonchev–Trinajstić information content (AvgIpc) is 2.92. The highest BCUT2D eigenvalue weighted by atomic mass is 19.1. The van der Waals surface area contributed by atoms with Crippen molar-refractivity contribution in [2.45, 2.75) is 72.1 Å². The van der Waals surface area contributed by atoms with Crippen LogP contribution in [0.1, 0.15) is 58.1 Å². The molecular formula is C32H49FN2O5. The van der Waals surface area contributed by atoms with E-state index < -0.39 is 18.1 Å². The number of carbonyl (C=O) groups is 1. The van der Waals surface area contributed by atoms with Gasteiger partial charge in [-0.3, -0.25) is 4.79 Å². The molecule has 0 aliphatic heterocycles. The Morgan fingerprint density at radius 2 is 1.73 bits per heavy atom. The molecular weight excluding hydrogens is 511 g/mol. The van der Waals surface area contributed by atoms with E-state index in [0.29, 0.717) is 42.6 Å². The normalized spacial score (nSPS) is 14.6. The quantitative estimate of drug-likeness (QED) is 0.219. The fourth-order valence-corrected chi connectivity index (χ4v) is 4.83. The molecule has 0 unspecified atom stereocenters. The van der Waals surface area contributed by atoms with Gasteiger partial charge in [-0.15, -0.1) is 0 Å². The summed E-state index contributed by atoms with van der Waals surface area (Å²) in [6, 6.07) is 11.7. The summed E-state index contributed by atoms with van der Waals surface area (Å²) in [5, 5.41) is 13.9. The first-order valence-corrected chi connectivity index (χ1v) is 14.3. The van der Waals surface area contributed by atoms with Gasteiger partial charge in [0.15, 0.2) is 11.5 Å². The summed E-state index contributed by atoms with van der Waals surface area (Å²) in [4.78, 5) is 13.0. The molecule has 2 rings (SSSR count). The van der Waals surface area contributed by atoms with Crippen LogP contribution in [0, 0.1) is 29.5 Å². The van der Waals surface area contributed by atoms with Crippen molar-refractivity contribution < 1.29 is 28.5 Å². The third-order valence-electron chi connectivity index (χ3n) is 7.48. The lowest BCUT2D eigenvalue weighted by molar-refractivity contribution is -0.127. The number of hydrogen-bond donors (Lipinski definition) is 3. The van der Waals surface area contributed by atoms with Crippen LogP contribution in [0.25, 0.3) is 0 Å². The van der Waals surface area contributed by atoms with Crippen molar-refractivity contribution in [3.05, 3.63) is 59.4 Å². The molecule has 0 saturated heterocycles. The molecule has 0 bridgehead atoms. The number of benzene rings is 2. The number of amides is 1. The van der Waals surface area contributed by atoms with Gasteiger partial charge in [0.2, 0.25) is 5.91 Å². The summed E-state index contributed by atoms with van der Waals surface area (Å²) in [7, 11) is 3.29. The first-order valence-electron chi connectivity index (χ1n) is 14.3. The van der Waals surface area contributed by atoms with Crippen molar-refractivity contribution in [1.82, 2.24) is 5.32 Å². The highest BCUT2D eigenvalue weighted by molar-refractivity contribution is 5.78. The molecule has 4 N–H and O–H groups in total. The van der Waals surface area contributed by atoms with Crippen molar-refractivity contribution in [2.75, 3.05) is 27.4 Å². The summed E-state index contributed by atoms with van der Waals surface area (Å²) in [6.45, 7) is 9.63. The van der Waals surface area contributed by atoms with Crippen molar-refractivity contribution in [3.8, 4) is 11.5 Å². The van der Waals surface area contributed by atoms with E-state index >= 15 is 0 Å². The second-order valence-corrected chi connectivity index (χ2v) is 11.3. The van der Waals surface area contributed by atoms with Crippen molar-refractivity contribution in [3.63, 3.8) is 0 Å². The Labute approximate surface area is 239 Å². The first-order chi connectivity index (χ1) is 19.0. The highest BCUT2D eigenvalue weighted by Crippen LogP contribution is 2.31. The number of rotatable bonds is 18. The van der Waals surface area contributed by atoms with Gasteiger partial charge >= 0.3 is 0 Å². The zero-order valence-corrected chi connectivity index (χ0v) is 25.0. The van der Waals surface area contributed by atoms with Gasteiger partial charge in [-0.05, 0) is 72.4 Å². The monoisotopic (exact) mass is 560 g/mol. The molecule has 0 aromatic heterocycles. The molecule has 8 heteroatoms. The minimum absolute atomic E-state index is 0.0110. The molecule has 2 aromatic rings. The molecule has 0 fully saturated rings. The number of nitrogens with one attached hydrogen (secondary N) is 1. The Bertz CT molecular complexity index is 1030. The van der Waals surface area contributed by atoms with E-state index in [4.69, 9.17) is 19.9 Å². The molecule has 0 radical (unpaired) electrons. The molecule has 224 valence electrons. The van der Waals surface area contributed by atoms with Gasteiger partial charge in [0, 0.05) is 38.6 Å². The van der Waals surface area contributed by atoms with Crippen LogP contribution in [-0.2, 0) is 22.5 Å². The lowest BCUT2D eigenvalue weighted by Crippen LogP contribution is -2.42. The summed E-state index contributed by atoms with van der Waals surface area (Å²) >= 11 is 0. The molecule has 2 aromatic carbocycles. The fraction of sp³-hybridized carbons (Fsp3) is 0.594. The van der Waals surface area contributed by atoms with Crippen molar-refractivity contribution >= 4 is 5.91 Å². The van der Waals surface area contributed by atoms with E-state index in [1.165, 1.54) is 12.1 Å². The van der Waals surface area contributed by atoms with Gasteiger partial charge in [0.25, 0.3) is 0 Å². The highest BCUT2D eigenvalue weighted by Gasteiger charge is 2.29. The molecule has 0 spiro atoms. The fourth-order valence-electron chi connectivity index (χ4n) is 4.83. The summed E-state index contributed by atoms with van der Waals surface area (Å²) in [5.41, 5.74) is 8.33. The van der Waals surface area contributed by atoms with Crippen LogP contribution in [-0.4, -0.2) is 50.6 Å². The second kappa shape index (κ2) is 17.2. The molecule has 0 heterocycles. The van der Waals surface area contributed by atoms with E-state index in [2.05, 4.69) is 19.2 Å².